The second kappa shape index (κ2) is 8.80. The lowest BCUT2D eigenvalue weighted by molar-refractivity contribution is 0.187. The molecule has 4 nitrogen and oxygen atoms in total. The highest BCUT2D eigenvalue weighted by atomic mass is 127. The summed E-state index contributed by atoms with van der Waals surface area (Å²) < 4.78 is 0. The molecule has 3 unspecified atom stereocenters. The maximum atomic E-state index is 10.2. The quantitative estimate of drug-likeness (QED) is 0.388. The number of benzene rings is 1. The number of aliphatic hydroxyl groups excluding tert-OH is 1. The SMILES string of the molecule is CCNC(=NCC(O)c1ccccc1Cl)NC1CC1C.I. The van der Waals surface area contributed by atoms with E-state index in [1.807, 2.05) is 25.1 Å². The molecule has 1 aliphatic rings. The van der Waals surface area contributed by atoms with Gasteiger partial charge in [0.05, 0.1) is 6.54 Å². The average Bonchev–Trinajstić information content (AvgIpc) is 3.12. The third kappa shape index (κ3) is 5.64. The smallest absolute Gasteiger partial charge is 0.191 e. The van der Waals surface area contributed by atoms with Crippen LogP contribution in [0.15, 0.2) is 29.3 Å². The number of aliphatic hydroxyl groups is 1. The summed E-state index contributed by atoms with van der Waals surface area (Å²) in [5, 5.41) is 17.3. The number of guanidine groups is 1. The minimum Gasteiger partial charge on any atom is -0.386 e. The van der Waals surface area contributed by atoms with Crippen LogP contribution in [0.5, 0.6) is 0 Å². The second-order valence-electron chi connectivity index (χ2n) is 5.22. The van der Waals surface area contributed by atoms with E-state index >= 15 is 0 Å². The van der Waals surface area contributed by atoms with Crippen LogP contribution in [0.2, 0.25) is 5.02 Å². The molecule has 0 heterocycles. The van der Waals surface area contributed by atoms with E-state index in [1.54, 1.807) is 6.07 Å². The molecule has 0 aliphatic heterocycles. The van der Waals surface area contributed by atoms with Crippen molar-refractivity contribution in [1.82, 2.24) is 10.6 Å². The topological polar surface area (TPSA) is 56.7 Å². The molecule has 1 fully saturated rings. The lowest BCUT2D eigenvalue weighted by Crippen LogP contribution is -2.39. The van der Waals surface area contributed by atoms with Crippen LogP contribution in [-0.4, -0.2) is 30.2 Å². The normalized spacial score (nSPS) is 22.2. The van der Waals surface area contributed by atoms with Crippen molar-refractivity contribution >= 4 is 41.5 Å². The van der Waals surface area contributed by atoms with Gasteiger partial charge in [0.15, 0.2) is 5.96 Å². The highest BCUT2D eigenvalue weighted by Crippen LogP contribution is 2.28. The molecule has 118 valence electrons. The third-order valence-corrected chi connectivity index (χ3v) is 3.81. The molecular formula is C15H23ClIN3O. The fraction of sp³-hybridized carbons (Fsp3) is 0.533. The number of hydrogen-bond acceptors (Lipinski definition) is 2. The van der Waals surface area contributed by atoms with Crippen molar-refractivity contribution < 1.29 is 5.11 Å². The Balaban J connectivity index is 0.00000220. The molecule has 1 aromatic rings. The molecule has 0 bridgehead atoms. The average molecular weight is 424 g/mol. The molecule has 1 aliphatic carbocycles. The maximum absolute atomic E-state index is 10.2. The van der Waals surface area contributed by atoms with E-state index in [9.17, 15) is 5.11 Å². The fourth-order valence-corrected chi connectivity index (χ4v) is 2.30. The van der Waals surface area contributed by atoms with Crippen LogP contribution >= 0.6 is 35.6 Å². The van der Waals surface area contributed by atoms with E-state index in [2.05, 4.69) is 22.5 Å². The number of nitrogens with one attached hydrogen (secondary N) is 2. The monoisotopic (exact) mass is 423 g/mol. The van der Waals surface area contributed by atoms with Gasteiger partial charge < -0.3 is 15.7 Å². The molecule has 0 spiro atoms. The molecule has 0 aromatic heterocycles. The molecule has 1 aromatic carbocycles. The van der Waals surface area contributed by atoms with E-state index in [0.29, 0.717) is 29.1 Å². The Morgan fingerprint density at radius 3 is 2.71 bits per heavy atom. The van der Waals surface area contributed by atoms with Crippen LogP contribution in [0.1, 0.15) is 31.9 Å². The first-order chi connectivity index (χ1) is 9.61. The Morgan fingerprint density at radius 2 is 2.14 bits per heavy atom. The fourth-order valence-electron chi connectivity index (χ4n) is 2.04. The summed E-state index contributed by atoms with van der Waals surface area (Å²) in [4.78, 5) is 4.43. The Kier molecular flexibility index (Phi) is 7.76. The van der Waals surface area contributed by atoms with Crippen molar-refractivity contribution in [2.75, 3.05) is 13.1 Å². The minimum atomic E-state index is -0.684. The lowest BCUT2D eigenvalue weighted by Gasteiger charge is -2.14. The van der Waals surface area contributed by atoms with E-state index < -0.39 is 6.10 Å². The van der Waals surface area contributed by atoms with Crippen LogP contribution in [0.3, 0.4) is 0 Å². The number of aliphatic imine (C=N–C) groups is 1. The summed E-state index contributed by atoms with van der Waals surface area (Å²) in [5.74, 6) is 1.46. The van der Waals surface area contributed by atoms with Crippen LogP contribution in [0.4, 0.5) is 0 Å². The van der Waals surface area contributed by atoms with Gasteiger partial charge in [-0.25, -0.2) is 0 Å². The zero-order chi connectivity index (χ0) is 14.5. The van der Waals surface area contributed by atoms with Gasteiger partial charge in [-0.1, -0.05) is 36.7 Å². The minimum absolute atomic E-state index is 0. The van der Waals surface area contributed by atoms with Gasteiger partial charge >= 0.3 is 0 Å². The second-order valence-corrected chi connectivity index (χ2v) is 5.63. The molecule has 0 amide bonds. The first-order valence-corrected chi connectivity index (χ1v) is 7.47. The highest BCUT2D eigenvalue weighted by molar-refractivity contribution is 14.0. The first-order valence-electron chi connectivity index (χ1n) is 7.09. The molecule has 3 atom stereocenters. The predicted molar refractivity (Wildman–Crippen MR) is 98.5 cm³/mol. The van der Waals surface area contributed by atoms with Crippen molar-refractivity contribution in [2.45, 2.75) is 32.4 Å². The molecule has 21 heavy (non-hydrogen) atoms. The maximum Gasteiger partial charge on any atom is 0.191 e. The Labute approximate surface area is 148 Å². The molecule has 0 radical (unpaired) electrons. The molecule has 6 heteroatoms. The number of halogens is 2. The molecule has 1 saturated carbocycles. The first kappa shape index (κ1) is 18.5. The van der Waals surface area contributed by atoms with Crippen molar-refractivity contribution in [2.24, 2.45) is 10.9 Å². The highest BCUT2D eigenvalue weighted by Gasteiger charge is 2.33. The summed E-state index contributed by atoms with van der Waals surface area (Å²) in [7, 11) is 0. The van der Waals surface area contributed by atoms with Crippen molar-refractivity contribution in [3.63, 3.8) is 0 Å². The van der Waals surface area contributed by atoms with E-state index in [4.69, 9.17) is 11.6 Å². The standard InChI is InChI=1S/C15H22ClN3O.HI/c1-3-17-15(19-13-8-10(13)2)18-9-14(20)11-6-4-5-7-12(11)16;/h4-7,10,13-14,20H,3,8-9H2,1-2H3,(H2,17,18,19);1H. The van der Waals surface area contributed by atoms with E-state index in [0.717, 1.165) is 12.5 Å². The van der Waals surface area contributed by atoms with Crippen molar-refractivity contribution in [3.05, 3.63) is 34.9 Å². The third-order valence-electron chi connectivity index (χ3n) is 3.46. The summed E-state index contributed by atoms with van der Waals surface area (Å²) >= 11 is 6.07. The van der Waals surface area contributed by atoms with Gasteiger partial charge in [-0.15, -0.1) is 24.0 Å². The van der Waals surface area contributed by atoms with Crippen molar-refractivity contribution in [3.8, 4) is 0 Å². The summed E-state index contributed by atoms with van der Waals surface area (Å²) in [6, 6.07) is 7.82. The van der Waals surface area contributed by atoms with Gasteiger partial charge in [0.2, 0.25) is 0 Å². The molecular weight excluding hydrogens is 401 g/mol. The predicted octanol–water partition coefficient (Wildman–Crippen LogP) is 2.95. The largest absolute Gasteiger partial charge is 0.386 e. The Bertz CT molecular complexity index is 484. The summed E-state index contributed by atoms with van der Waals surface area (Å²) in [5.41, 5.74) is 0.716. The van der Waals surface area contributed by atoms with Gasteiger partial charge in [-0.05, 0) is 25.3 Å². The summed E-state index contributed by atoms with van der Waals surface area (Å²) in [6.07, 6.45) is 0.494. The molecule has 0 saturated heterocycles. The van der Waals surface area contributed by atoms with Gasteiger partial charge in [0, 0.05) is 23.2 Å². The van der Waals surface area contributed by atoms with Crippen LogP contribution in [-0.2, 0) is 0 Å². The van der Waals surface area contributed by atoms with E-state index in [1.165, 1.54) is 6.42 Å². The van der Waals surface area contributed by atoms with Gasteiger partial charge in [-0.3, -0.25) is 4.99 Å². The number of nitrogens with zero attached hydrogens (tertiary/aromatic N) is 1. The molecule has 3 N–H and O–H groups in total. The Hall–Kier alpha value is -0.530. The zero-order valence-corrected chi connectivity index (χ0v) is 15.4. The lowest BCUT2D eigenvalue weighted by atomic mass is 10.1. The van der Waals surface area contributed by atoms with Gasteiger partial charge in [-0.2, -0.15) is 0 Å². The zero-order valence-electron chi connectivity index (χ0n) is 12.3. The number of hydrogen-bond donors (Lipinski definition) is 3. The Morgan fingerprint density at radius 1 is 1.48 bits per heavy atom. The summed E-state index contributed by atoms with van der Waals surface area (Å²) in [6.45, 7) is 5.33. The van der Waals surface area contributed by atoms with Crippen molar-refractivity contribution in [1.29, 1.82) is 0 Å². The van der Waals surface area contributed by atoms with Crippen LogP contribution in [0, 0.1) is 5.92 Å². The van der Waals surface area contributed by atoms with Crippen LogP contribution in [0.25, 0.3) is 0 Å². The number of rotatable bonds is 5. The van der Waals surface area contributed by atoms with Gasteiger partial charge in [0.1, 0.15) is 6.10 Å². The van der Waals surface area contributed by atoms with Crippen LogP contribution < -0.4 is 10.6 Å². The van der Waals surface area contributed by atoms with Gasteiger partial charge in [0.25, 0.3) is 0 Å². The molecule has 2 rings (SSSR count). The van der Waals surface area contributed by atoms with E-state index in [-0.39, 0.29) is 24.0 Å².